The molecule has 0 saturated heterocycles. The van der Waals surface area contributed by atoms with Crippen LogP contribution in [-0.2, 0) is 14.5 Å². The molecule has 0 amide bonds. The summed E-state index contributed by atoms with van der Waals surface area (Å²) in [6.45, 7) is 1.57. The van der Waals surface area contributed by atoms with Gasteiger partial charge in [-0.15, -0.1) is 24.8 Å². The van der Waals surface area contributed by atoms with Crippen molar-refractivity contribution in [3.05, 3.63) is 0 Å². The van der Waals surface area contributed by atoms with E-state index < -0.39 is 12.0 Å². The highest BCUT2D eigenvalue weighted by molar-refractivity contribution is 5.85. The predicted octanol–water partition coefficient (Wildman–Crippen LogP) is -0.214. The van der Waals surface area contributed by atoms with E-state index in [0.29, 0.717) is 0 Å². The summed E-state index contributed by atoms with van der Waals surface area (Å²) in [5, 5.41) is 0. The number of hydrogen-bond donors (Lipinski definition) is 2. The number of ether oxygens (including phenoxy) is 1. The number of hydroxylamine groups is 1. The molecular weight excluding hydrogens is 195 g/mol. The minimum absolute atomic E-state index is 0. The van der Waals surface area contributed by atoms with Crippen molar-refractivity contribution in [2.45, 2.75) is 13.0 Å². The van der Waals surface area contributed by atoms with Gasteiger partial charge in [-0.25, -0.2) is 4.94 Å². The molecule has 0 aromatic rings. The summed E-state index contributed by atoms with van der Waals surface area (Å²) in [5.41, 5.74) is 2.20. The Kier molecular flexibility index (Phi) is 15.5. The molecule has 0 aliphatic heterocycles. The van der Waals surface area contributed by atoms with Gasteiger partial charge in [-0.2, -0.15) is 11.4 Å². The van der Waals surface area contributed by atoms with E-state index in [2.05, 4.69) is 21.1 Å². The van der Waals surface area contributed by atoms with E-state index in [1.807, 2.05) is 0 Å². The zero-order chi connectivity index (χ0) is 7.28. The molecule has 0 rings (SSSR count). The number of hydrogen-bond acceptors (Lipinski definition) is 5. The molecule has 0 aliphatic carbocycles. The lowest BCUT2D eigenvalue weighted by Gasteiger charge is -2.06. The van der Waals surface area contributed by atoms with Crippen LogP contribution < -0.4 is 11.4 Å². The molecule has 3 N–H and O–H groups in total. The topological polar surface area (TPSA) is 73.6 Å². The average molecular weight is 207 g/mol. The Morgan fingerprint density at radius 1 is 1.55 bits per heavy atom. The molecule has 70 valence electrons. The molecule has 0 heterocycles. The quantitative estimate of drug-likeness (QED) is 0.494. The normalized spacial score (nSPS) is 10.5. The van der Waals surface area contributed by atoms with Gasteiger partial charge in [0.25, 0.3) is 0 Å². The molecule has 7 heteroatoms. The highest BCUT2D eigenvalue weighted by Gasteiger charge is 2.10. The largest absolute Gasteiger partial charge is 0.468 e. The Morgan fingerprint density at radius 3 is 2.27 bits per heavy atom. The van der Waals surface area contributed by atoms with E-state index in [1.54, 1.807) is 6.92 Å². The minimum atomic E-state index is -0.528. The molecule has 0 aliphatic rings. The van der Waals surface area contributed by atoms with E-state index >= 15 is 0 Å². The van der Waals surface area contributed by atoms with Crippen molar-refractivity contribution in [2.24, 2.45) is 5.90 Å². The smallest absolute Gasteiger partial charge is 0.324 e. The van der Waals surface area contributed by atoms with Crippen LogP contribution in [-0.4, -0.2) is 19.1 Å². The van der Waals surface area contributed by atoms with Crippen LogP contribution in [0.25, 0.3) is 0 Å². The molecule has 0 aromatic carbocycles. The molecule has 0 aromatic heterocycles. The van der Waals surface area contributed by atoms with Crippen LogP contribution in [0.4, 0.5) is 0 Å². The Labute approximate surface area is 77.3 Å². The summed E-state index contributed by atoms with van der Waals surface area (Å²) < 4.78 is 4.33. The van der Waals surface area contributed by atoms with Crippen LogP contribution in [0.15, 0.2) is 0 Å². The first-order chi connectivity index (χ1) is 4.22. The molecule has 0 unspecified atom stereocenters. The Morgan fingerprint density at radius 2 is 2.00 bits per heavy atom. The van der Waals surface area contributed by atoms with Gasteiger partial charge in [0, 0.05) is 0 Å². The lowest BCUT2D eigenvalue weighted by molar-refractivity contribution is -0.147. The zero-order valence-electron chi connectivity index (χ0n) is 6.20. The van der Waals surface area contributed by atoms with Crippen LogP contribution in [0.2, 0.25) is 0 Å². The van der Waals surface area contributed by atoms with Crippen LogP contribution in [0.3, 0.4) is 0 Å². The fourth-order valence-electron chi connectivity index (χ4n) is 0.327. The van der Waals surface area contributed by atoms with Gasteiger partial charge in [0.1, 0.15) is 6.04 Å². The van der Waals surface area contributed by atoms with Crippen LogP contribution in [0.5, 0.6) is 0 Å². The Bertz CT molecular complexity index is 103. The predicted molar refractivity (Wildman–Crippen MR) is 44.4 cm³/mol. The number of esters is 1. The summed E-state index contributed by atoms with van der Waals surface area (Å²) in [6, 6.07) is -0.528. The number of rotatable bonds is 3. The monoisotopic (exact) mass is 206 g/mol. The molecule has 11 heavy (non-hydrogen) atoms. The van der Waals surface area contributed by atoms with Gasteiger partial charge in [0.2, 0.25) is 0 Å². The van der Waals surface area contributed by atoms with Crippen LogP contribution in [0.1, 0.15) is 6.92 Å². The third kappa shape index (κ3) is 7.83. The summed E-state index contributed by atoms with van der Waals surface area (Å²) in [4.78, 5) is 14.5. The van der Waals surface area contributed by atoms with E-state index in [-0.39, 0.29) is 24.8 Å². The lowest BCUT2D eigenvalue weighted by atomic mass is 10.4. The molecule has 0 spiro atoms. The van der Waals surface area contributed by atoms with Crippen molar-refractivity contribution >= 4 is 30.8 Å². The summed E-state index contributed by atoms with van der Waals surface area (Å²) in [7, 11) is 1.29. The number of carbonyl (C=O) groups is 1. The first-order valence-electron chi connectivity index (χ1n) is 2.41. The second-order valence-electron chi connectivity index (χ2n) is 1.48. The number of carbonyl (C=O) groups excluding carboxylic acids is 1. The van der Waals surface area contributed by atoms with Gasteiger partial charge < -0.3 is 4.74 Å². The summed E-state index contributed by atoms with van der Waals surface area (Å²) in [5.74, 6) is 4.19. The highest BCUT2D eigenvalue weighted by Crippen LogP contribution is 1.82. The van der Waals surface area contributed by atoms with E-state index in [4.69, 9.17) is 0 Å². The molecular formula is C4H12Cl2N2O3. The maximum Gasteiger partial charge on any atom is 0.324 e. The number of methoxy groups -OCH3 is 1. The van der Waals surface area contributed by atoms with Crippen molar-refractivity contribution in [3.63, 3.8) is 0 Å². The third-order valence-electron chi connectivity index (χ3n) is 0.800. The third-order valence-corrected chi connectivity index (χ3v) is 0.800. The fraction of sp³-hybridized carbons (Fsp3) is 0.750. The highest BCUT2D eigenvalue weighted by atomic mass is 35.5. The van der Waals surface area contributed by atoms with Gasteiger partial charge in [0.05, 0.1) is 7.11 Å². The number of nitrogens with one attached hydrogen (secondary N) is 1. The maximum atomic E-state index is 10.5. The van der Waals surface area contributed by atoms with E-state index in [0.717, 1.165) is 0 Å². The maximum absolute atomic E-state index is 10.5. The van der Waals surface area contributed by atoms with Gasteiger partial charge in [0.15, 0.2) is 0 Å². The van der Waals surface area contributed by atoms with Gasteiger partial charge in [-0.3, -0.25) is 4.79 Å². The lowest BCUT2D eigenvalue weighted by Crippen LogP contribution is -2.36. The summed E-state index contributed by atoms with van der Waals surface area (Å²) in [6.07, 6.45) is 0. The molecule has 0 saturated carbocycles. The van der Waals surface area contributed by atoms with Crippen molar-refractivity contribution in [2.75, 3.05) is 7.11 Å². The molecule has 0 fully saturated rings. The van der Waals surface area contributed by atoms with Crippen molar-refractivity contribution in [1.82, 2.24) is 5.48 Å². The molecule has 5 nitrogen and oxygen atoms in total. The van der Waals surface area contributed by atoms with Crippen LogP contribution in [0, 0.1) is 0 Å². The Balaban J connectivity index is -0.000000320. The minimum Gasteiger partial charge on any atom is -0.468 e. The SMILES string of the molecule is COC(=O)[C@H](C)NON.Cl.Cl. The van der Waals surface area contributed by atoms with Gasteiger partial charge in [-0.05, 0) is 6.92 Å². The summed E-state index contributed by atoms with van der Waals surface area (Å²) >= 11 is 0. The standard InChI is InChI=1S/C4H10N2O3.2ClH/c1-3(6-9-5)4(7)8-2;;/h3,6H,5H2,1-2H3;2*1H/t3-;;/m0../s1. The fourth-order valence-corrected chi connectivity index (χ4v) is 0.327. The van der Waals surface area contributed by atoms with Crippen molar-refractivity contribution in [1.29, 1.82) is 0 Å². The number of halogens is 2. The first-order valence-corrected chi connectivity index (χ1v) is 2.41. The Hall–Kier alpha value is -0.0700. The molecule has 0 radical (unpaired) electrons. The second-order valence-corrected chi connectivity index (χ2v) is 1.48. The number of nitrogens with two attached hydrogens (primary N) is 1. The van der Waals surface area contributed by atoms with E-state index in [9.17, 15) is 4.79 Å². The molecule has 1 atom stereocenters. The van der Waals surface area contributed by atoms with Crippen molar-refractivity contribution < 1.29 is 14.5 Å². The molecule has 0 bridgehead atoms. The van der Waals surface area contributed by atoms with E-state index in [1.165, 1.54) is 7.11 Å². The second kappa shape index (κ2) is 9.93. The van der Waals surface area contributed by atoms with Gasteiger partial charge >= 0.3 is 5.97 Å². The van der Waals surface area contributed by atoms with Crippen LogP contribution >= 0.6 is 24.8 Å². The van der Waals surface area contributed by atoms with Gasteiger partial charge in [-0.1, -0.05) is 0 Å². The van der Waals surface area contributed by atoms with Crippen molar-refractivity contribution in [3.8, 4) is 0 Å². The zero-order valence-corrected chi connectivity index (χ0v) is 7.83. The average Bonchev–Trinajstić information content (AvgIpc) is 1.87. The first kappa shape index (κ1) is 17.1.